The topological polar surface area (TPSA) is 84.4 Å². The summed E-state index contributed by atoms with van der Waals surface area (Å²) in [6.07, 6.45) is 0. The summed E-state index contributed by atoms with van der Waals surface area (Å²) in [5, 5.41) is 8.87. The highest BCUT2D eigenvalue weighted by Crippen LogP contribution is 2.25. The number of guanidine groups is 1. The van der Waals surface area contributed by atoms with Crippen LogP contribution in [0, 0.1) is 0 Å². The van der Waals surface area contributed by atoms with Crippen LogP contribution in [0.3, 0.4) is 0 Å². The number of nitrogens with one attached hydrogen (secondary N) is 2. The Hall–Kier alpha value is -1.89. The third kappa shape index (κ3) is 7.06. The Balaban J connectivity index is 0.00000363. The Labute approximate surface area is 210 Å². The number of carbonyl (C=O) groups excluding carboxylic acids is 1. The van der Waals surface area contributed by atoms with Crippen LogP contribution in [0.25, 0.3) is 0 Å². The lowest BCUT2D eigenvalue weighted by Crippen LogP contribution is -2.46. The van der Waals surface area contributed by atoms with Crippen molar-refractivity contribution in [2.24, 2.45) is 4.99 Å². The zero-order chi connectivity index (χ0) is 22.1. The molecule has 1 aliphatic rings. The highest BCUT2D eigenvalue weighted by atomic mass is 127. The Morgan fingerprint density at radius 2 is 2.03 bits per heavy atom. The molecule has 2 aromatic rings. The van der Waals surface area contributed by atoms with E-state index in [-0.39, 0.29) is 30.0 Å². The minimum Gasteiger partial charge on any atom is -0.496 e. The van der Waals surface area contributed by atoms with Gasteiger partial charge < -0.3 is 24.8 Å². The lowest BCUT2D eigenvalue weighted by atomic mass is 10.1. The van der Waals surface area contributed by atoms with Crippen molar-refractivity contribution in [2.45, 2.75) is 12.6 Å². The molecule has 0 amide bonds. The molecule has 3 rings (SSSR count). The maximum atomic E-state index is 12.0. The van der Waals surface area contributed by atoms with Gasteiger partial charge >= 0.3 is 5.97 Å². The van der Waals surface area contributed by atoms with Crippen LogP contribution in [0.1, 0.15) is 26.8 Å². The van der Waals surface area contributed by atoms with Crippen molar-refractivity contribution in [1.29, 1.82) is 0 Å². The summed E-state index contributed by atoms with van der Waals surface area (Å²) in [7, 11) is 4.64. The molecule has 176 valence electrons. The van der Waals surface area contributed by atoms with Crippen LogP contribution in [-0.2, 0) is 16.0 Å². The van der Waals surface area contributed by atoms with Crippen LogP contribution in [0.15, 0.2) is 40.7 Å². The number of esters is 1. The van der Waals surface area contributed by atoms with Gasteiger partial charge in [0.2, 0.25) is 0 Å². The maximum absolute atomic E-state index is 12.0. The molecule has 2 N–H and O–H groups in total. The Morgan fingerprint density at radius 3 is 2.66 bits per heavy atom. The van der Waals surface area contributed by atoms with Crippen molar-refractivity contribution in [2.75, 3.05) is 54.1 Å². The molecule has 1 aromatic carbocycles. The molecule has 1 atom stereocenters. The number of rotatable bonds is 8. The Morgan fingerprint density at radius 1 is 1.25 bits per heavy atom. The van der Waals surface area contributed by atoms with E-state index in [9.17, 15) is 4.79 Å². The molecule has 0 spiro atoms. The number of benzene rings is 1. The number of hydrogen-bond acceptors (Lipinski definition) is 7. The summed E-state index contributed by atoms with van der Waals surface area (Å²) >= 11 is 1.77. The molecule has 1 fully saturated rings. The highest BCUT2D eigenvalue weighted by molar-refractivity contribution is 14.0. The molecule has 1 aromatic heterocycles. The molecule has 0 aliphatic carbocycles. The molecule has 8 nitrogen and oxygen atoms in total. The van der Waals surface area contributed by atoms with Gasteiger partial charge in [0.1, 0.15) is 11.3 Å². The van der Waals surface area contributed by atoms with E-state index < -0.39 is 5.97 Å². The monoisotopic (exact) mass is 574 g/mol. The van der Waals surface area contributed by atoms with Gasteiger partial charge in [0.05, 0.1) is 33.5 Å². The molecule has 0 bridgehead atoms. The number of hydrogen-bond donors (Lipinski definition) is 2. The lowest BCUT2D eigenvalue weighted by molar-refractivity contribution is 0.0177. The standard InChI is InChI=1S/C22H30N4O4S.HI/c1-23-22(24-14-16-6-7-19(28-2)17(13-16)21(27)29-3)25-15-18(20-5-4-12-31-20)26-8-10-30-11-9-26;/h4-7,12-13,18H,8-11,14-15H2,1-3H3,(H2,23,24,25);1H. The summed E-state index contributed by atoms with van der Waals surface area (Å²) in [6.45, 7) is 4.59. The molecule has 10 heteroatoms. The fraction of sp³-hybridized carbons (Fsp3) is 0.455. The molecule has 1 unspecified atom stereocenters. The minimum atomic E-state index is -0.425. The highest BCUT2D eigenvalue weighted by Gasteiger charge is 2.23. The van der Waals surface area contributed by atoms with E-state index in [1.165, 1.54) is 19.1 Å². The fourth-order valence-electron chi connectivity index (χ4n) is 3.51. The normalized spacial score (nSPS) is 15.4. The predicted octanol–water partition coefficient (Wildman–Crippen LogP) is 2.90. The number of halogens is 1. The second-order valence-electron chi connectivity index (χ2n) is 7.01. The molecule has 32 heavy (non-hydrogen) atoms. The first-order valence-electron chi connectivity index (χ1n) is 10.2. The van der Waals surface area contributed by atoms with Gasteiger partial charge in [-0.05, 0) is 29.1 Å². The van der Waals surface area contributed by atoms with Crippen molar-refractivity contribution in [1.82, 2.24) is 15.5 Å². The number of ether oxygens (including phenoxy) is 3. The third-order valence-electron chi connectivity index (χ3n) is 5.17. The first-order chi connectivity index (χ1) is 15.2. The van der Waals surface area contributed by atoms with Gasteiger partial charge in [0.15, 0.2) is 5.96 Å². The molecule has 0 saturated carbocycles. The summed E-state index contributed by atoms with van der Waals surface area (Å²) in [5.74, 6) is 0.762. The molecule has 1 aliphatic heterocycles. The van der Waals surface area contributed by atoms with Gasteiger partial charge in [-0.15, -0.1) is 35.3 Å². The Bertz CT molecular complexity index is 873. The van der Waals surface area contributed by atoms with Crippen LogP contribution >= 0.6 is 35.3 Å². The van der Waals surface area contributed by atoms with E-state index in [0.717, 1.165) is 38.4 Å². The smallest absolute Gasteiger partial charge is 0.341 e. The van der Waals surface area contributed by atoms with Crippen LogP contribution in [-0.4, -0.2) is 70.9 Å². The second-order valence-corrected chi connectivity index (χ2v) is 7.99. The average molecular weight is 574 g/mol. The van der Waals surface area contributed by atoms with E-state index >= 15 is 0 Å². The van der Waals surface area contributed by atoms with Gasteiger partial charge in [0, 0.05) is 38.1 Å². The number of thiophene rings is 1. The van der Waals surface area contributed by atoms with Crippen molar-refractivity contribution in [3.63, 3.8) is 0 Å². The maximum Gasteiger partial charge on any atom is 0.341 e. The average Bonchev–Trinajstić information content (AvgIpc) is 3.35. The number of methoxy groups -OCH3 is 2. The zero-order valence-electron chi connectivity index (χ0n) is 18.6. The van der Waals surface area contributed by atoms with Crippen molar-refractivity contribution >= 4 is 47.2 Å². The number of carbonyl (C=O) groups is 1. The number of nitrogens with zero attached hydrogens (tertiary/aromatic N) is 2. The van der Waals surface area contributed by atoms with Crippen LogP contribution in [0.5, 0.6) is 5.75 Å². The Kier molecular flexibility index (Phi) is 11.2. The van der Waals surface area contributed by atoms with E-state index in [1.807, 2.05) is 6.07 Å². The number of aliphatic imine (C=N–C) groups is 1. The lowest BCUT2D eigenvalue weighted by Gasteiger charge is -2.34. The van der Waals surface area contributed by atoms with Gasteiger partial charge in [-0.2, -0.15) is 0 Å². The SMILES string of the molecule is CN=C(NCc1ccc(OC)c(C(=O)OC)c1)NCC(c1cccs1)N1CCOCC1.I. The van der Waals surface area contributed by atoms with Crippen molar-refractivity contribution < 1.29 is 19.0 Å². The second kappa shape index (κ2) is 13.6. The van der Waals surface area contributed by atoms with Gasteiger partial charge in [0.25, 0.3) is 0 Å². The van der Waals surface area contributed by atoms with Crippen LogP contribution < -0.4 is 15.4 Å². The van der Waals surface area contributed by atoms with E-state index in [2.05, 4.69) is 38.0 Å². The molecule has 0 radical (unpaired) electrons. The predicted molar refractivity (Wildman–Crippen MR) is 137 cm³/mol. The van der Waals surface area contributed by atoms with Crippen LogP contribution in [0.4, 0.5) is 0 Å². The molecule has 2 heterocycles. The van der Waals surface area contributed by atoms with Gasteiger partial charge in [-0.25, -0.2) is 4.79 Å². The van der Waals surface area contributed by atoms with E-state index in [1.54, 1.807) is 30.5 Å². The van der Waals surface area contributed by atoms with Crippen molar-refractivity contribution in [3.8, 4) is 5.75 Å². The summed E-state index contributed by atoms with van der Waals surface area (Å²) in [6, 6.07) is 9.97. The third-order valence-corrected chi connectivity index (χ3v) is 6.15. The summed E-state index contributed by atoms with van der Waals surface area (Å²) < 4.78 is 15.6. The molecular weight excluding hydrogens is 543 g/mol. The fourth-order valence-corrected chi connectivity index (χ4v) is 4.37. The molecule has 1 saturated heterocycles. The van der Waals surface area contributed by atoms with Gasteiger partial charge in [-0.1, -0.05) is 12.1 Å². The first kappa shape index (κ1) is 26.4. The van der Waals surface area contributed by atoms with Crippen molar-refractivity contribution in [3.05, 3.63) is 51.7 Å². The number of morpholine rings is 1. The van der Waals surface area contributed by atoms with Gasteiger partial charge in [-0.3, -0.25) is 9.89 Å². The van der Waals surface area contributed by atoms with E-state index in [4.69, 9.17) is 14.2 Å². The summed E-state index contributed by atoms with van der Waals surface area (Å²) in [4.78, 5) is 20.1. The van der Waals surface area contributed by atoms with Crippen LogP contribution in [0.2, 0.25) is 0 Å². The van der Waals surface area contributed by atoms with E-state index in [0.29, 0.717) is 23.8 Å². The largest absolute Gasteiger partial charge is 0.496 e. The first-order valence-corrected chi connectivity index (χ1v) is 11.1. The molecular formula is C22H31IN4O4S. The summed E-state index contributed by atoms with van der Waals surface area (Å²) in [5.41, 5.74) is 1.32. The minimum absolute atomic E-state index is 0. The zero-order valence-corrected chi connectivity index (χ0v) is 21.8. The quantitative estimate of drug-likeness (QED) is 0.217.